The van der Waals surface area contributed by atoms with Crippen molar-refractivity contribution in [1.82, 2.24) is 14.4 Å². The molecule has 0 atom stereocenters. The van der Waals surface area contributed by atoms with Crippen LogP contribution in [0.3, 0.4) is 0 Å². The molecule has 4 fully saturated rings. The predicted molar refractivity (Wildman–Crippen MR) is 231 cm³/mol. The van der Waals surface area contributed by atoms with Gasteiger partial charge in [0.25, 0.3) is 0 Å². The molecule has 0 saturated heterocycles. The second kappa shape index (κ2) is 10.8. The fourth-order valence-electron chi connectivity index (χ4n) is 14.9. The monoisotopic (exact) mass is 730 g/mol. The van der Waals surface area contributed by atoms with Gasteiger partial charge in [-0.2, -0.15) is 0 Å². The maximum atomic E-state index is 5.77. The molecule has 3 nitrogen and oxygen atoms in total. The van der Waals surface area contributed by atoms with Gasteiger partial charge in [0.2, 0.25) is 0 Å². The molecule has 0 unspecified atom stereocenters. The second-order valence-corrected chi connectivity index (χ2v) is 22.5. The van der Waals surface area contributed by atoms with Crippen LogP contribution in [0, 0.1) is 0 Å². The molecule has 3 heteroatoms. The SMILES string of the molecule is CC(C)(C)c1cc(C(C)(C)C)c2cc3c4c5c(ncc4n4c6cnc7c(c6c(c2c1)c34)C1(CCCC1)CCC71CCCC1)C1(CCCC1)CCC51CCCC1. The Balaban J connectivity index is 1.34. The molecule has 12 rings (SSSR count). The van der Waals surface area contributed by atoms with E-state index in [1.54, 1.807) is 27.3 Å². The summed E-state index contributed by atoms with van der Waals surface area (Å²) in [7, 11) is 0. The zero-order chi connectivity index (χ0) is 37.3. The number of benzene rings is 2. The highest BCUT2D eigenvalue weighted by Crippen LogP contribution is 2.63. The van der Waals surface area contributed by atoms with Gasteiger partial charge in [0.1, 0.15) is 0 Å². The van der Waals surface area contributed by atoms with Gasteiger partial charge in [0.05, 0.1) is 40.3 Å². The van der Waals surface area contributed by atoms with Gasteiger partial charge in [-0.05, 0) is 144 Å². The molecule has 0 aliphatic heterocycles. The molecule has 4 saturated carbocycles. The van der Waals surface area contributed by atoms with Crippen molar-refractivity contribution in [2.75, 3.05) is 0 Å². The highest BCUT2D eigenvalue weighted by molar-refractivity contribution is 6.33. The first-order valence-corrected chi connectivity index (χ1v) is 22.9. The van der Waals surface area contributed by atoms with Gasteiger partial charge in [0, 0.05) is 32.4 Å². The van der Waals surface area contributed by atoms with Gasteiger partial charge in [-0.15, -0.1) is 0 Å². The minimum atomic E-state index is 0.0134. The lowest BCUT2D eigenvalue weighted by Gasteiger charge is -2.45. The molecular weight excluding hydrogens is 667 g/mol. The number of rotatable bonds is 0. The molecule has 0 amide bonds. The average molecular weight is 730 g/mol. The number of hydrogen-bond donors (Lipinski definition) is 0. The van der Waals surface area contributed by atoms with E-state index in [4.69, 9.17) is 9.97 Å². The van der Waals surface area contributed by atoms with E-state index in [1.165, 1.54) is 184 Å². The van der Waals surface area contributed by atoms with Gasteiger partial charge >= 0.3 is 0 Å². The summed E-state index contributed by atoms with van der Waals surface area (Å²) in [6.07, 6.45) is 31.7. The van der Waals surface area contributed by atoms with Crippen LogP contribution in [-0.2, 0) is 32.5 Å². The van der Waals surface area contributed by atoms with Crippen molar-refractivity contribution in [1.29, 1.82) is 0 Å². The largest absolute Gasteiger partial charge is 0.305 e. The summed E-state index contributed by atoms with van der Waals surface area (Å²) in [6, 6.07) is 7.97. The molecule has 2 aromatic carbocycles. The standard InChI is InChI=1S/C52H63N3/c1-47(2,3)32-27-34-33(36(28-32)48(4,5)6)29-35-39-37(30-53-45-42(39)49(15-7-8-16-49)23-25-51(45)19-11-12-20-51)55-38-31-54-46-43(41(38)40(34)44(35)55)50(17-9-10-18-50)24-26-52(46)21-13-14-22-52/h27-31H,7-26H2,1-6H3. The summed E-state index contributed by atoms with van der Waals surface area (Å²) < 4.78 is 2.74. The summed E-state index contributed by atoms with van der Waals surface area (Å²) in [5.74, 6) is 0. The first-order valence-electron chi connectivity index (χ1n) is 22.9. The first-order chi connectivity index (χ1) is 26.4. The molecule has 6 aliphatic carbocycles. The highest BCUT2D eigenvalue weighted by atomic mass is 15.0. The maximum absolute atomic E-state index is 5.77. The van der Waals surface area contributed by atoms with Crippen molar-refractivity contribution in [2.45, 2.75) is 202 Å². The van der Waals surface area contributed by atoms with Crippen LogP contribution < -0.4 is 0 Å². The smallest absolute Gasteiger partial charge is 0.0729 e. The third-order valence-corrected chi connectivity index (χ3v) is 17.7. The minimum absolute atomic E-state index is 0.0134. The fourth-order valence-corrected chi connectivity index (χ4v) is 14.9. The van der Waals surface area contributed by atoms with Crippen molar-refractivity contribution in [3.63, 3.8) is 0 Å². The lowest BCUT2D eigenvalue weighted by Crippen LogP contribution is -2.39. The predicted octanol–water partition coefficient (Wildman–Crippen LogP) is 14.2. The number of fused-ring (bicyclic) bond motifs is 16. The van der Waals surface area contributed by atoms with Crippen LogP contribution >= 0.6 is 0 Å². The molecule has 4 aromatic heterocycles. The van der Waals surface area contributed by atoms with E-state index in [1.807, 2.05) is 0 Å². The Bertz CT molecular complexity index is 2580. The molecule has 0 radical (unpaired) electrons. The van der Waals surface area contributed by atoms with Crippen LogP contribution in [0.1, 0.15) is 204 Å². The molecular formula is C52H63N3. The van der Waals surface area contributed by atoms with E-state index in [9.17, 15) is 0 Å². The summed E-state index contributed by atoms with van der Waals surface area (Å²) >= 11 is 0. The van der Waals surface area contributed by atoms with Crippen LogP contribution in [0.15, 0.2) is 30.6 Å². The first kappa shape index (κ1) is 33.9. The van der Waals surface area contributed by atoms with E-state index in [-0.39, 0.29) is 32.5 Å². The second-order valence-electron chi connectivity index (χ2n) is 22.5. The van der Waals surface area contributed by atoms with Crippen LogP contribution in [0.4, 0.5) is 0 Å². The lowest BCUT2D eigenvalue weighted by atomic mass is 9.59. The van der Waals surface area contributed by atoms with E-state index in [0.717, 1.165) is 0 Å². The fraction of sp³-hybridized carbons (Fsp3) is 0.615. The highest BCUT2D eigenvalue weighted by Gasteiger charge is 2.53. The van der Waals surface area contributed by atoms with E-state index in [0.29, 0.717) is 0 Å². The molecule has 0 bridgehead atoms. The third-order valence-electron chi connectivity index (χ3n) is 17.7. The number of aromatic nitrogens is 3. The Labute approximate surface area is 328 Å². The normalized spacial score (nSPS) is 24.0. The minimum Gasteiger partial charge on any atom is -0.305 e. The molecule has 6 aliphatic rings. The van der Waals surface area contributed by atoms with E-state index < -0.39 is 0 Å². The summed E-state index contributed by atoms with van der Waals surface area (Å²) in [6.45, 7) is 14.6. The maximum Gasteiger partial charge on any atom is 0.0729 e. The summed E-state index contributed by atoms with van der Waals surface area (Å²) in [5, 5.41) is 9.20. The summed E-state index contributed by atoms with van der Waals surface area (Å²) in [4.78, 5) is 11.5. The van der Waals surface area contributed by atoms with Crippen LogP contribution in [0.5, 0.6) is 0 Å². The van der Waals surface area contributed by atoms with Crippen LogP contribution in [0.25, 0.3) is 48.9 Å². The molecule has 4 spiro atoms. The Kier molecular flexibility index (Phi) is 6.68. The van der Waals surface area contributed by atoms with Crippen LogP contribution in [-0.4, -0.2) is 14.4 Å². The Morgan fingerprint density at radius 2 is 0.909 bits per heavy atom. The van der Waals surface area contributed by atoms with Crippen molar-refractivity contribution in [2.24, 2.45) is 0 Å². The van der Waals surface area contributed by atoms with Gasteiger partial charge in [-0.1, -0.05) is 99.0 Å². The van der Waals surface area contributed by atoms with Crippen molar-refractivity contribution in [3.05, 3.63) is 64.2 Å². The zero-order valence-corrected chi connectivity index (χ0v) is 34.9. The zero-order valence-electron chi connectivity index (χ0n) is 34.9. The van der Waals surface area contributed by atoms with Crippen molar-refractivity contribution < 1.29 is 0 Å². The number of hydrogen-bond acceptors (Lipinski definition) is 2. The van der Waals surface area contributed by atoms with E-state index >= 15 is 0 Å². The molecule has 4 heterocycles. The third kappa shape index (κ3) is 4.25. The molecule has 0 N–H and O–H groups in total. The topological polar surface area (TPSA) is 30.2 Å². The van der Waals surface area contributed by atoms with Crippen LogP contribution in [0.2, 0.25) is 0 Å². The van der Waals surface area contributed by atoms with Gasteiger partial charge in [-0.3, -0.25) is 9.97 Å². The Hall–Kier alpha value is -3.20. The quantitative estimate of drug-likeness (QED) is 0.156. The molecule has 6 aromatic rings. The van der Waals surface area contributed by atoms with Gasteiger partial charge in [0.15, 0.2) is 0 Å². The number of nitrogens with zero attached hydrogens (tertiary/aromatic N) is 3. The van der Waals surface area contributed by atoms with Gasteiger partial charge < -0.3 is 4.40 Å². The van der Waals surface area contributed by atoms with Crippen molar-refractivity contribution in [3.8, 4) is 0 Å². The molecule has 55 heavy (non-hydrogen) atoms. The lowest BCUT2D eigenvalue weighted by molar-refractivity contribution is 0.265. The summed E-state index contributed by atoms with van der Waals surface area (Å²) in [5.41, 5.74) is 14.7. The van der Waals surface area contributed by atoms with Crippen molar-refractivity contribution >= 4 is 48.9 Å². The molecule has 286 valence electrons. The van der Waals surface area contributed by atoms with E-state index in [2.05, 4.69) is 76.5 Å². The number of pyridine rings is 2. The Morgan fingerprint density at radius 1 is 0.455 bits per heavy atom. The van der Waals surface area contributed by atoms with Gasteiger partial charge in [-0.25, -0.2) is 0 Å². The Morgan fingerprint density at radius 3 is 1.40 bits per heavy atom. The average Bonchev–Trinajstić information content (AvgIpc) is 4.01.